The van der Waals surface area contributed by atoms with Gasteiger partial charge in [0.2, 0.25) is 5.95 Å². The zero-order chi connectivity index (χ0) is 37.3. The molecule has 0 aliphatic carbocycles. The van der Waals surface area contributed by atoms with E-state index in [0.717, 1.165) is 39.1 Å². The molecule has 0 atom stereocenters. The Morgan fingerprint density at radius 2 is 0.981 bits per heavy atom. The molecule has 7 aromatic carbocycles. The number of nitrogens with zero attached hydrogens (tertiary/aromatic N) is 3. The van der Waals surface area contributed by atoms with Crippen LogP contribution in [0.3, 0.4) is 0 Å². The standard InChI is InChI=1S/C51H45N3/c1-33-27-35(3)48(36(4)28-33)50(49-37(5)29-34(2)30-38(49)6)41-21-23-44(24-22-41)54(51-52-26-25-46(53-51)40-17-11-8-12-18-40)47-32-43-20-14-13-19-42(43)31-45(47)39-15-9-7-10-16-39/h7-32,50H,1-6H3. The maximum atomic E-state index is 5.24. The van der Waals surface area contributed by atoms with E-state index < -0.39 is 0 Å². The Labute approximate surface area is 319 Å². The number of fused-ring (bicyclic) bond motifs is 1. The molecule has 0 saturated heterocycles. The van der Waals surface area contributed by atoms with E-state index in [1.54, 1.807) is 0 Å². The molecule has 0 fully saturated rings. The fraction of sp³-hybridized carbons (Fsp3) is 0.137. The topological polar surface area (TPSA) is 29.0 Å². The average Bonchev–Trinajstić information content (AvgIpc) is 3.17. The number of aryl methyl sites for hydroxylation is 6. The molecule has 0 N–H and O–H groups in total. The highest BCUT2D eigenvalue weighted by Crippen LogP contribution is 2.44. The first-order valence-corrected chi connectivity index (χ1v) is 18.8. The van der Waals surface area contributed by atoms with Crippen LogP contribution in [0.2, 0.25) is 0 Å². The molecule has 0 saturated carbocycles. The summed E-state index contributed by atoms with van der Waals surface area (Å²) in [5.41, 5.74) is 18.0. The Kier molecular flexibility index (Phi) is 9.40. The number of aromatic nitrogens is 2. The molecule has 1 heterocycles. The van der Waals surface area contributed by atoms with Crippen LogP contribution in [0.25, 0.3) is 33.2 Å². The monoisotopic (exact) mass is 699 g/mol. The molecule has 0 spiro atoms. The minimum Gasteiger partial charge on any atom is -0.279 e. The Balaban J connectivity index is 1.35. The minimum atomic E-state index is 0.0758. The summed E-state index contributed by atoms with van der Waals surface area (Å²) < 4.78 is 0. The number of anilines is 3. The highest BCUT2D eigenvalue weighted by Gasteiger charge is 2.26. The van der Waals surface area contributed by atoms with Gasteiger partial charge in [0.15, 0.2) is 0 Å². The molecule has 264 valence electrons. The van der Waals surface area contributed by atoms with Crippen LogP contribution in [0.5, 0.6) is 0 Å². The largest absolute Gasteiger partial charge is 0.279 e. The van der Waals surface area contributed by atoms with Gasteiger partial charge in [0.05, 0.1) is 11.4 Å². The van der Waals surface area contributed by atoms with E-state index in [0.29, 0.717) is 5.95 Å². The molecule has 1 aromatic heterocycles. The van der Waals surface area contributed by atoms with Crippen molar-refractivity contribution >= 4 is 28.1 Å². The third-order valence-electron chi connectivity index (χ3n) is 10.6. The van der Waals surface area contributed by atoms with E-state index in [4.69, 9.17) is 9.97 Å². The fourth-order valence-corrected chi connectivity index (χ4v) is 8.44. The SMILES string of the molecule is Cc1cc(C)c(C(c2ccc(N(c3nccc(-c4ccccc4)n3)c3cc4ccccc4cc3-c3ccccc3)cc2)c2c(C)cc(C)cc2C)c(C)c1. The van der Waals surface area contributed by atoms with Gasteiger partial charge in [0, 0.05) is 28.9 Å². The van der Waals surface area contributed by atoms with Crippen LogP contribution in [0.1, 0.15) is 56.0 Å². The minimum absolute atomic E-state index is 0.0758. The molecular weight excluding hydrogens is 655 g/mol. The second-order valence-corrected chi connectivity index (χ2v) is 14.7. The highest BCUT2D eigenvalue weighted by atomic mass is 15.3. The van der Waals surface area contributed by atoms with Crippen molar-refractivity contribution in [3.8, 4) is 22.4 Å². The molecule has 0 amide bonds. The molecular formula is C51H45N3. The maximum absolute atomic E-state index is 5.24. The summed E-state index contributed by atoms with van der Waals surface area (Å²) in [7, 11) is 0. The Hall–Kier alpha value is -6.32. The normalized spacial score (nSPS) is 11.3. The van der Waals surface area contributed by atoms with Gasteiger partial charge in [-0.3, -0.25) is 4.90 Å². The van der Waals surface area contributed by atoms with Crippen molar-refractivity contribution < 1.29 is 0 Å². The Morgan fingerprint density at radius 3 is 1.54 bits per heavy atom. The lowest BCUT2D eigenvalue weighted by molar-refractivity contribution is 0.919. The van der Waals surface area contributed by atoms with Crippen molar-refractivity contribution in [1.82, 2.24) is 9.97 Å². The molecule has 8 rings (SSSR count). The van der Waals surface area contributed by atoms with Crippen LogP contribution in [0, 0.1) is 41.5 Å². The van der Waals surface area contributed by atoms with Gasteiger partial charge in [0.1, 0.15) is 0 Å². The quantitative estimate of drug-likeness (QED) is 0.148. The third-order valence-corrected chi connectivity index (χ3v) is 10.6. The summed E-state index contributed by atoms with van der Waals surface area (Å²) in [5.74, 6) is 0.690. The first kappa shape index (κ1) is 34.7. The first-order valence-electron chi connectivity index (χ1n) is 18.8. The van der Waals surface area contributed by atoms with Crippen LogP contribution in [0.15, 0.2) is 158 Å². The Bertz CT molecular complexity index is 2500. The lowest BCUT2D eigenvalue weighted by Crippen LogP contribution is -2.15. The third kappa shape index (κ3) is 6.70. The van der Waals surface area contributed by atoms with Crippen molar-refractivity contribution in [2.75, 3.05) is 4.90 Å². The highest BCUT2D eigenvalue weighted by molar-refractivity contribution is 5.97. The molecule has 0 radical (unpaired) electrons. The van der Waals surface area contributed by atoms with Crippen molar-refractivity contribution in [3.05, 3.63) is 208 Å². The first-order chi connectivity index (χ1) is 26.2. The number of hydrogen-bond acceptors (Lipinski definition) is 3. The summed E-state index contributed by atoms with van der Waals surface area (Å²) in [6.07, 6.45) is 1.87. The molecule has 8 aromatic rings. The Morgan fingerprint density at radius 1 is 0.481 bits per heavy atom. The molecule has 0 unspecified atom stereocenters. The summed E-state index contributed by atoms with van der Waals surface area (Å²) in [4.78, 5) is 12.4. The van der Waals surface area contributed by atoms with Gasteiger partial charge < -0.3 is 0 Å². The molecule has 0 aliphatic heterocycles. The van der Waals surface area contributed by atoms with E-state index in [1.165, 1.54) is 55.5 Å². The van der Waals surface area contributed by atoms with Crippen LogP contribution in [0.4, 0.5) is 17.3 Å². The predicted octanol–water partition coefficient (Wildman–Crippen LogP) is 13.5. The van der Waals surface area contributed by atoms with Crippen LogP contribution in [-0.2, 0) is 0 Å². The maximum Gasteiger partial charge on any atom is 0.235 e. The van der Waals surface area contributed by atoms with Crippen molar-refractivity contribution in [1.29, 1.82) is 0 Å². The summed E-state index contributed by atoms with van der Waals surface area (Å²) in [6, 6.07) is 54.5. The number of rotatable bonds is 8. The second-order valence-electron chi connectivity index (χ2n) is 14.7. The van der Waals surface area contributed by atoms with Gasteiger partial charge in [0.25, 0.3) is 0 Å². The van der Waals surface area contributed by atoms with Gasteiger partial charge in [-0.2, -0.15) is 0 Å². The van der Waals surface area contributed by atoms with Crippen LogP contribution in [-0.4, -0.2) is 9.97 Å². The fourth-order valence-electron chi connectivity index (χ4n) is 8.44. The smallest absolute Gasteiger partial charge is 0.235 e. The molecule has 54 heavy (non-hydrogen) atoms. The van der Waals surface area contributed by atoms with Crippen molar-refractivity contribution in [2.45, 2.75) is 47.5 Å². The second kappa shape index (κ2) is 14.6. The van der Waals surface area contributed by atoms with Gasteiger partial charge in [-0.05, 0) is 127 Å². The van der Waals surface area contributed by atoms with E-state index in [9.17, 15) is 0 Å². The zero-order valence-electron chi connectivity index (χ0n) is 31.9. The van der Waals surface area contributed by atoms with E-state index in [-0.39, 0.29) is 5.92 Å². The number of benzene rings is 7. The van der Waals surface area contributed by atoms with Gasteiger partial charge in [-0.1, -0.05) is 132 Å². The predicted molar refractivity (Wildman–Crippen MR) is 227 cm³/mol. The summed E-state index contributed by atoms with van der Waals surface area (Å²) >= 11 is 0. The summed E-state index contributed by atoms with van der Waals surface area (Å²) in [5, 5.41) is 2.34. The molecule has 3 nitrogen and oxygen atoms in total. The molecule has 0 bridgehead atoms. The van der Waals surface area contributed by atoms with Gasteiger partial charge in [-0.25, -0.2) is 9.97 Å². The number of hydrogen-bond donors (Lipinski definition) is 0. The van der Waals surface area contributed by atoms with Gasteiger partial charge in [-0.15, -0.1) is 0 Å². The lowest BCUT2D eigenvalue weighted by atomic mass is 9.77. The van der Waals surface area contributed by atoms with Crippen molar-refractivity contribution in [2.24, 2.45) is 0 Å². The molecule has 3 heteroatoms. The van der Waals surface area contributed by atoms with Gasteiger partial charge >= 0.3 is 0 Å². The van der Waals surface area contributed by atoms with E-state index in [2.05, 4.69) is 186 Å². The van der Waals surface area contributed by atoms with Crippen LogP contribution < -0.4 is 4.90 Å². The van der Waals surface area contributed by atoms with Crippen molar-refractivity contribution in [3.63, 3.8) is 0 Å². The average molecular weight is 700 g/mol. The van der Waals surface area contributed by atoms with Crippen LogP contribution >= 0.6 is 0 Å². The van der Waals surface area contributed by atoms with E-state index in [1.807, 2.05) is 18.3 Å². The summed E-state index contributed by atoms with van der Waals surface area (Å²) in [6.45, 7) is 13.4. The lowest BCUT2D eigenvalue weighted by Gasteiger charge is -2.29. The molecule has 0 aliphatic rings. The van der Waals surface area contributed by atoms with E-state index >= 15 is 0 Å². The zero-order valence-corrected chi connectivity index (χ0v) is 31.9.